The van der Waals surface area contributed by atoms with E-state index in [1.54, 1.807) is 0 Å². The van der Waals surface area contributed by atoms with Gasteiger partial charge in [0.2, 0.25) is 0 Å². The summed E-state index contributed by atoms with van der Waals surface area (Å²) in [5.74, 6) is -1.01. The van der Waals surface area contributed by atoms with Crippen LogP contribution in [0.1, 0.15) is 26.7 Å². The molecule has 1 heterocycles. The van der Waals surface area contributed by atoms with Gasteiger partial charge < -0.3 is 19.8 Å². The molecule has 2 N–H and O–H groups in total. The third-order valence-corrected chi connectivity index (χ3v) is 4.98. The van der Waals surface area contributed by atoms with Gasteiger partial charge in [-0.15, -0.1) is 0 Å². The predicted octanol–water partition coefficient (Wildman–Crippen LogP) is 4.26. The lowest BCUT2D eigenvalue weighted by molar-refractivity contribution is -0.159. The average molecular weight is 414 g/mol. The number of aliphatic carboxylic acids is 2. The lowest BCUT2D eigenvalue weighted by Gasteiger charge is -2.34. The molecular formula is C24H31NO5. The Hall–Kier alpha value is -2.86. The Kier molecular flexibility index (Phi) is 9.35. The van der Waals surface area contributed by atoms with E-state index in [0.29, 0.717) is 0 Å². The molecule has 0 radical (unpaired) electrons. The second-order valence-electron chi connectivity index (χ2n) is 7.91. The van der Waals surface area contributed by atoms with Crippen molar-refractivity contribution in [2.75, 3.05) is 26.2 Å². The Balaban J connectivity index is 0.000000469. The number of carboxylic acid groups (broad SMARTS) is 2. The highest BCUT2D eigenvalue weighted by Gasteiger charge is 2.20. The van der Waals surface area contributed by atoms with Crippen LogP contribution in [0, 0.1) is 11.8 Å². The van der Waals surface area contributed by atoms with E-state index in [1.165, 1.54) is 30.6 Å². The van der Waals surface area contributed by atoms with Gasteiger partial charge in [0.1, 0.15) is 5.75 Å². The minimum absolute atomic E-state index is 0.796. The first kappa shape index (κ1) is 23.4. The van der Waals surface area contributed by atoms with Crippen molar-refractivity contribution in [1.82, 2.24) is 4.90 Å². The highest BCUT2D eigenvalue weighted by molar-refractivity contribution is 6.27. The molecule has 0 bridgehead atoms. The number of rotatable bonds is 6. The van der Waals surface area contributed by atoms with Crippen LogP contribution in [0.15, 0.2) is 54.6 Å². The summed E-state index contributed by atoms with van der Waals surface area (Å²) in [6.07, 6.45) is 2.47. The largest absolute Gasteiger partial charge is 0.494 e. The van der Waals surface area contributed by atoms with E-state index in [2.05, 4.69) is 67.3 Å². The summed E-state index contributed by atoms with van der Waals surface area (Å²) >= 11 is 0. The SMILES string of the molecule is C[C@@H]1C[C@@H](C)CN(CCCOc2ccc(-c3ccccc3)cc2)C1.O=C(O)C(=O)O. The van der Waals surface area contributed by atoms with Gasteiger partial charge in [0, 0.05) is 19.6 Å². The van der Waals surface area contributed by atoms with E-state index in [9.17, 15) is 0 Å². The minimum Gasteiger partial charge on any atom is -0.494 e. The van der Waals surface area contributed by atoms with Gasteiger partial charge in [-0.25, -0.2) is 9.59 Å². The molecule has 1 aliphatic rings. The van der Waals surface area contributed by atoms with Crippen molar-refractivity contribution in [1.29, 1.82) is 0 Å². The van der Waals surface area contributed by atoms with Gasteiger partial charge >= 0.3 is 11.9 Å². The van der Waals surface area contributed by atoms with Crippen LogP contribution in [0.3, 0.4) is 0 Å². The van der Waals surface area contributed by atoms with Crippen molar-refractivity contribution in [2.24, 2.45) is 11.8 Å². The van der Waals surface area contributed by atoms with Gasteiger partial charge in [-0.2, -0.15) is 0 Å². The van der Waals surface area contributed by atoms with Crippen LogP contribution in [0.5, 0.6) is 5.75 Å². The summed E-state index contributed by atoms with van der Waals surface area (Å²) in [7, 11) is 0. The zero-order valence-corrected chi connectivity index (χ0v) is 17.7. The Labute approximate surface area is 178 Å². The van der Waals surface area contributed by atoms with Crippen LogP contribution in [-0.2, 0) is 9.59 Å². The number of nitrogens with zero attached hydrogens (tertiary/aromatic N) is 1. The van der Waals surface area contributed by atoms with Crippen molar-refractivity contribution in [3.8, 4) is 16.9 Å². The topological polar surface area (TPSA) is 87.1 Å². The molecule has 2 aromatic rings. The van der Waals surface area contributed by atoms with Crippen LogP contribution in [0.4, 0.5) is 0 Å². The zero-order chi connectivity index (χ0) is 21.9. The summed E-state index contributed by atoms with van der Waals surface area (Å²) in [6.45, 7) is 9.17. The lowest BCUT2D eigenvalue weighted by atomic mass is 9.92. The predicted molar refractivity (Wildman–Crippen MR) is 117 cm³/mol. The fourth-order valence-electron chi connectivity index (χ4n) is 3.83. The quantitative estimate of drug-likeness (QED) is 0.544. The Morgan fingerprint density at radius 3 is 1.97 bits per heavy atom. The van der Waals surface area contributed by atoms with Crippen molar-refractivity contribution in [3.63, 3.8) is 0 Å². The van der Waals surface area contributed by atoms with Crippen molar-refractivity contribution < 1.29 is 24.5 Å². The molecule has 3 rings (SSSR count). The van der Waals surface area contributed by atoms with Crippen LogP contribution in [-0.4, -0.2) is 53.3 Å². The molecule has 6 nitrogen and oxygen atoms in total. The first-order chi connectivity index (χ1) is 14.3. The summed E-state index contributed by atoms with van der Waals surface area (Å²) in [5.41, 5.74) is 2.48. The van der Waals surface area contributed by atoms with Gasteiger partial charge in [-0.1, -0.05) is 56.3 Å². The smallest absolute Gasteiger partial charge is 0.414 e. The summed E-state index contributed by atoms with van der Waals surface area (Å²) in [6, 6.07) is 18.9. The Morgan fingerprint density at radius 1 is 0.900 bits per heavy atom. The zero-order valence-electron chi connectivity index (χ0n) is 17.7. The minimum atomic E-state index is -1.82. The van der Waals surface area contributed by atoms with E-state index in [1.807, 2.05) is 6.07 Å². The maximum atomic E-state index is 9.10. The van der Waals surface area contributed by atoms with Gasteiger partial charge in [-0.3, -0.25) is 0 Å². The number of hydrogen-bond donors (Lipinski definition) is 2. The molecule has 30 heavy (non-hydrogen) atoms. The summed E-state index contributed by atoms with van der Waals surface area (Å²) in [5, 5.41) is 14.8. The van der Waals surface area contributed by atoms with Gasteiger partial charge in [0.05, 0.1) is 6.61 Å². The van der Waals surface area contributed by atoms with Gasteiger partial charge in [0.15, 0.2) is 0 Å². The Morgan fingerprint density at radius 2 is 1.43 bits per heavy atom. The average Bonchev–Trinajstić information content (AvgIpc) is 2.72. The molecular weight excluding hydrogens is 382 g/mol. The second kappa shape index (κ2) is 12.0. The van der Waals surface area contributed by atoms with Crippen LogP contribution < -0.4 is 4.74 Å². The maximum Gasteiger partial charge on any atom is 0.414 e. The molecule has 1 aliphatic heterocycles. The van der Waals surface area contributed by atoms with Crippen LogP contribution in [0.25, 0.3) is 11.1 Å². The third-order valence-electron chi connectivity index (χ3n) is 4.98. The first-order valence-electron chi connectivity index (χ1n) is 10.3. The molecule has 1 fully saturated rings. The maximum absolute atomic E-state index is 9.10. The molecule has 0 amide bonds. The van der Waals surface area contributed by atoms with E-state index < -0.39 is 11.9 Å². The number of likely N-dealkylation sites (tertiary alicyclic amines) is 1. The van der Waals surface area contributed by atoms with Gasteiger partial charge in [0.25, 0.3) is 0 Å². The lowest BCUT2D eigenvalue weighted by Crippen LogP contribution is -2.39. The highest BCUT2D eigenvalue weighted by Crippen LogP contribution is 2.23. The van der Waals surface area contributed by atoms with Crippen LogP contribution in [0.2, 0.25) is 0 Å². The number of benzene rings is 2. The Bertz CT molecular complexity index is 769. The number of hydrogen-bond acceptors (Lipinski definition) is 4. The highest BCUT2D eigenvalue weighted by atomic mass is 16.5. The second-order valence-corrected chi connectivity index (χ2v) is 7.91. The van der Waals surface area contributed by atoms with Gasteiger partial charge in [-0.05, 0) is 47.9 Å². The number of carbonyl (C=O) groups is 2. The van der Waals surface area contributed by atoms with E-state index in [0.717, 1.165) is 37.2 Å². The van der Waals surface area contributed by atoms with Crippen molar-refractivity contribution >= 4 is 11.9 Å². The van der Waals surface area contributed by atoms with E-state index in [4.69, 9.17) is 24.5 Å². The standard InChI is InChI=1S/C22H29NO.C2H2O4/c1-18-15-19(2)17-23(16-18)13-6-14-24-22-11-9-21(10-12-22)20-7-4-3-5-8-20;3-1(4)2(5)6/h3-5,7-12,18-19H,6,13-17H2,1-2H3;(H,3,4)(H,5,6)/t18-,19-;/m1./s1. The number of ether oxygens (including phenoxy) is 1. The molecule has 0 spiro atoms. The molecule has 6 heteroatoms. The molecule has 1 saturated heterocycles. The molecule has 0 saturated carbocycles. The molecule has 2 atom stereocenters. The normalized spacial score (nSPS) is 18.7. The molecule has 162 valence electrons. The third kappa shape index (κ3) is 8.25. The van der Waals surface area contributed by atoms with Crippen LogP contribution >= 0.6 is 0 Å². The molecule has 2 aromatic carbocycles. The fourth-order valence-corrected chi connectivity index (χ4v) is 3.83. The monoisotopic (exact) mass is 413 g/mol. The molecule has 0 aliphatic carbocycles. The number of carboxylic acids is 2. The summed E-state index contributed by atoms with van der Waals surface area (Å²) in [4.78, 5) is 20.8. The summed E-state index contributed by atoms with van der Waals surface area (Å²) < 4.78 is 5.91. The van der Waals surface area contributed by atoms with Crippen molar-refractivity contribution in [3.05, 3.63) is 54.6 Å². The number of piperidine rings is 1. The fraction of sp³-hybridized carbons (Fsp3) is 0.417. The van der Waals surface area contributed by atoms with E-state index >= 15 is 0 Å². The molecule has 0 unspecified atom stereocenters. The first-order valence-corrected chi connectivity index (χ1v) is 10.3. The van der Waals surface area contributed by atoms with Crippen molar-refractivity contribution in [2.45, 2.75) is 26.7 Å². The van der Waals surface area contributed by atoms with E-state index in [-0.39, 0.29) is 0 Å². The molecule has 0 aromatic heterocycles.